The average Bonchev–Trinajstić information content (AvgIpc) is 2.90. The Labute approximate surface area is 240 Å². The third-order valence-corrected chi connectivity index (χ3v) is 8.28. The molecule has 1 atom stereocenters. The van der Waals surface area contributed by atoms with Crippen molar-refractivity contribution in [1.82, 2.24) is 19.8 Å². The molecule has 0 bridgehead atoms. The van der Waals surface area contributed by atoms with Gasteiger partial charge in [0, 0.05) is 68.7 Å². The van der Waals surface area contributed by atoms with Crippen LogP contribution in [0.4, 0.5) is 11.8 Å². The predicted octanol–water partition coefficient (Wildman–Crippen LogP) is 4.56. The first-order valence-electron chi connectivity index (χ1n) is 12.9. The number of ether oxygens (including phenoxy) is 2. The van der Waals surface area contributed by atoms with E-state index in [0.717, 1.165) is 17.0 Å². The minimum Gasteiger partial charge on any atom is -0.495 e. The van der Waals surface area contributed by atoms with Gasteiger partial charge in [-0.1, -0.05) is 43.6 Å². The molecule has 0 aliphatic carbocycles. The highest BCUT2D eigenvalue weighted by molar-refractivity contribution is 6.39. The summed E-state index contributed by atoms with van der Waals surface area (Å²) in [6.45, 7) is 10.6. The van der Waals surface area contributed by atoms with Crippen LogP contribution in [-0.4, -0.2) is 92.3 Å². The number of rotatable bonds is 10. The molecule has 210 valence electrons. The summed E-state index contributed by atoms with van der Waals surface area (Å²) in [6, 6.07) is 2.14. The maximum Gasteiger partial charge on any atom is 0.246 e. The smallest absolute Gasteiger partial charge is 0.246 e. The first kappa shape index (κ1) is 29.0. The Balaban J connectivity index is 1.71. The van der Waals surface area contributed by atoms with Gasteiger partial charge in [-0.25, -0.2) is 4.98 Å². The molecule has 0 spiro atoms. The second-order valence-electron chi connectivity index (χ2n) is 10.1. The highest BCUT2D eigenvalue weighted by Crippen LogP contribution is 2.46. The zero-order valence-corrected chi connectivity index (χ0v) is 24.8. The number of amides is 1. The Morgan fingerprint density at radius 3 is 2.44 bits per heavy atom. The molecule has 2 aromatic rings. The number of likely N-dealkylation sites (tertiary alicyclic amines) is 1. The van der Waals surface area contributed by atoms with E-state index in [9.17, 15) is 4.79 Å². The van der Waals surface area contributed by atoms with Crippen molar-refractivity contribution in [2.24, 2.45) is 5.92 Å². The monoisotopic (exact) mass is 574 g/mol. The molecule has 9 nitrogen and oxygen atoms in total. The molecular formula is C28H36Cl2N6O3. The standard InChI is InChI=1S/C28H36Cl2N6O3/c1-8-23(37)35-13-19(14-35)34(5)20(16(2)3)15-36-12-18(9-17-11-32-28(31-4)33-27(17)36)24-25(29)21(38-6)10-22(39-7)26(24)30/h8-11,16,19-20H,1,12-15H2,2-7H3,(H,31,32,33)/t20-/m1/s1. The Hall–Kier alpha value is -3.01. The molecule has 4 rings (SSSR count). The first-order chi connectivity index (χ1) is 18.6. The molecule has 1 saturated heterocycles. The second kappa shape index (κ2) is 12.0. The van der Waals surface area contributed by atoms with Crippen molar-refractivity contribution in [3.63, 3.8) is 0 Å². The molecule has 2 aliphatic heterocycles. The van der Waals surface area contributed by atoms with Crippen LogP contribution in [0.15, 0.2) is 24.9 Å². The Kier molecular flexibility index (Phi) is 8.93. The number of nitrogens with zero attached hydrogens (tertiary/aromatic N) is 5. The molecule has 1 fully saturated rings. The number of benzene rings is 1. The summed E-state index contributed by atoms with van der Waals surface area (Å²) in [5.74, 6) is 2.65. The van der Waals surface area contributed by atoms with E-state index in [0.29, 0.717) is 65.2 Å². The minimum atomic E-state index is -0.0285. The number of likely N-dealkylation sites (N-methyl/N-ethyl adjacent to an activating group) is 1. The van der Waals surface area contributed by atoms with Crippen LogP contribution in [0.5, 0.6) is 11.5 Å². The number of nitrogens with one attached hydrogen (secondary N) is 1. The Bertz CT molecular complexity index is 1250. The van der Waals surface area contributed by atoms with E-state index < -0.39 is 0 Å². The lowest BCUT2D eigenvalue weighted by atomic mass is 9.95. The molecule has 11 heteroatoms. The topological polar surface area (TPSA) is 83.1 Å². The van der Waals surface area contributed by atoms with E-state index in [-0.39, 0.29) is 18.0 Å². The predicted molar refractivity (Wildman–Crippen MR) is 158 cm³/mol. The number of fused-ring (bicyclic) bond motifs is 1. The quantitative estimate of drug-likeness (QED) is 0.413. The van der Waals surface area contributed by atoms with E-state index in [1.807, 2.05) is 11.0 Å². The molecule has 1 aromatic carbocycles. The number of aromatic nitrogens is 2. The highest BCUT2D eigenvalue weighted by Gasteiger charge is 2.37. The molecular weight excluding hydrogens is 539 g/mol. The van der Waals surface area contributed by atoms with Gasteiger partial charge in [0.1, 0.15) is 17.3 Å². The van der Waals surface area contributed by atoms with Gasteiger partial charge in [-0.05, 0) is 30.7 Å². The van der Waals surface area contributed by atoms with Crippen molar-refractivity contribution in [2.45, 2.75) is 25.9 Å². The second-order valence-corrected chi connectivity index (χ2v) is 10.9. The zero-order valence-electron chi connectivity index (χ0n) is 23.3. The lowest BCUT2D eigenvalue weighted by Gasteiger charge is -2.48. The van der Waals surface area contributed by atoms with Gasteiger partial charge < -0.3 is 24.6 Å². The van der Waals surface area contributed by atoms with Gasteiger partial charge in [-0.3, -0.25) is 9.69 Å². The SMILES string of the molecule is C=CC(=O)N1CC(N(C)[C@H](CN2CC(c3c(Cl)c(OC)cc(OC)c3Cl)=Cc3cnc(NC)nc32)C(C)C)C1. The van der Waals surface area contributed by atoms with Crippen molar-refractivity contribution in [3.05, 3.63) is 46.1 Å². The van der Waals surface area contributed by atoms with E-state index >= 15 is 0 Å². The number of hydrogen-bond donors (Lipinski definition) is 1. The average molecular weight is 576 g/mol. The van der Waals surface area contributed by atoms with Crippen molar-refractivity contribution in [2.75, 3.05) is 64.7 Å². The van der Waals surface area contributed by atoms with Crippen molar-refractivity contribution in [1.29, 1.82) is 0 Å². The van der Waals surface area contributed by atoms with Gasteiger partial charge in [-0.15, -0.1) is 0 Å². The van der Waals surface area contributed by atoms with Gasteiger partial charge in [0.05, 0.1) is 24.3 Å². The molecule has 0 radical (unpaired) electrons. The van der Waals surface area contributed by atoms with Crippen LogP contribution in [0, 0.1) is 5.92 Å². The van der Waals surface area contributed by atoms with E-state index in [2.05, 4.69) is 47.6 Å². The molecule has 1 N–H and O–H groups in total. The van der Waals surface area contributed by atoms with Gasteiger partial charge in [0.2, 0.25) is 11.9 Å². The zero-order chi connectivity index (χ0) is 28.4. The Morgan fingerprint density at radius 2 is 1.90 bits per heavy atom. The summed E-state index contributed by atoms with van der Waals surface area (Å²) in [5, 5.41) is 3.89. The van der Waals surface area contributed by atoms with Gasteiger partial charge >= 0.3 is 0 Å². The van der Waals surface area contributed by atoms with E-state index in [4.69, 9.17) is 37.7 Å². The molecule has 1 amide bonds. The summed E-state index contributed by atoms with van der Waals surface area (Å²) in [6.07, 6.45) is 5.20. The fourth-order valence-electron chi connectivity index (χ4n) is 5.17. The van der Waals surface area contributed by atoms with Crippen LogP contribution in [0.1, 0.15) is 25.0 Å². The van der Waals surface area contributed by atoms with Crippen molar-refractivity contribution < 1.29 is 14.3 Å². The molecule has 0 unspecified atom stereocenters. The largest absolute Gasteiger partial charge is 0.495 e. The van der Waals surface area contributed by atoms with Crippen LogP contribution < -0.4 is 19.7 Å². The van der Waals surface area contributed by atoms with Crippen molar-refractivity contribution >= 4 is 52.5 Å². The summed E-state index contributed by atoms with van der Waals surface area (Å²) in [4.78, 5) is 27.7. The van der Waals surface area contributed by atoms with Crippen LogP contribution in [0.3, 0.4) is 0 Å². The fourth-order valence-corrected chi connectivity index (χ4v) is 5.91. The van der Waals surface area contributed by atoms with Crippen LogP contribution in [0.25, 0.3) is 11.6 Å². The minimum absolute atomic E-state index is 0.0285. The maximum atomic E-state index is 12.0. The maximum absolute atomic E-state index is 12.0. The number of hydrogen-bond acceptors (Lipinski definition) is 8. The molecule has 39 heavy (non-hydrogen) atoms. The molecule has 0 saturated carbocycles. The fraction of sp³-hybridized carbons (Fsp3) is 0.464. The van der Waals surface area contributed by atoms with E-state index in [1.165, 1.54) is 6.08 Å². The van der Waals surface area contributed by atoms with Crippen LogP contribution in [-0.2, 0) is 4.79 Å². The third kappa shape index (κ3) is 5.66. The number of methoxy groups -OCH3 is 2. The summed E-state index contributed by atoms with van der Waals surface area (Å²) in [5.41, 5.74) is 2.43. The van der Waals surface area contributed by atoms with Crippen LogP contribution in [0.2, 0.25) is 10.0 Å². The van der Waals surface area contributed by atoms with Gasteiger partial charge in [-0.2, -0.15) is 4.98 Å². The summed E-state index contributed by atoms with van der Waals surface area (Å²) >= 11 is 13.6. The molecule has 1 aromatic heterocycles. The van der Waals surface area contributed by atoms with Crippen LogP contribution >= 0.6 is 23.2 Å². The third-order valence-electron chi connectivity index (χ3n) is 7.53. The van der Waals surface area contributed by atoms with Gasteiger partial charge in [0.25, 0.3) is 0 Å². The first-order valence-corrected chi connectivity index (χ1v) is 13.6. The lowest BCUT2D eigenvalue weighted by Crippen LogP contribution is -2.63. The summed E-state index contributed by atoms with van der Waals surface area (Å²) in [7, 11) is 7.06. The number of anilines is 2. The summed E-state index contributed by atoms with van der Waals surface area (Å²) < 4.78 is 11.0. The molecule has 3 heterocycles. The number of carbonyl (C=O) groups excluding carboxylic acids is 1. The Morgan fingerprint density at radius 1 is 1.26 bits per heavy atom. The lowest BCUT2D eigenvalue weighted by molar-refractivity contribution is -0.133. The van der Waals surface area contributed by atoms with Gasteiger partial charge in [0.15, 0.2) is 0 Å². The normalized spacial score (nSPS) is 16.0. The number of carbonyl (C=O) groups is 1. The van der Waals surface area contributed by atoms with E-state index in [1.54, 1.807) is 33.5 Å². The number of halogens is 2. The molecule has 2 aliphatic rings. The highest BCUT2D eigenvalue weighted by atomic mass is 35.5. The van der Waals surface area contributed by atoms with Crippen molar-refractivity contribution in [3.8, 4) is 11.5 Å².